The third kappa shape index (κ3) is 5.04. The summed E-state index contributed by atoms with van der Waals surface area (Å²) < 4.78 is 0. The van der Waals surface area contributed by atoms with Gasteiger partial charge in [0, 0.05) is 6.42 Å². The zero-order valence-corrected chi connectivity index (χ0v) is 28.7. The van der Waals surface area contributed by atoms with Gasteiger partial charge in [0.1, 0.15) is 0 Å². The Morgan fingerprint density at radius 2 is 0.922 bits per heavy atom. The van der Waals surface area contributed by atoms with Gasteiger partial charge in [-0.3, -0.25) is 4.98 Å². The second kappa shape index (κ2) is 12.4. The van der Waals surface area contributed by atoms with E-state index in [0.29, 0.717) is 6.42 Å². The molecule has 0 spiro atoms. The molecule has 51 heavy (non-hydrogen) atoms. The first-order chi connectivity index (χ1) is 24.7. The van der Waals surface area contributed by atoms with Crippen LogP contribution in [0.4, 0.5) is 0 Å². The Morgan fingerprint density at radius 3 is 1.49 bits per heavy atom. The maximum absolute atomic E-state index is 5.54. The van der Waals surface area contributed by atoms with E-state index in [2.05, 4.69) is 146 Å². The van der Waals surface area contributed by atoms with E-state index in [1.165, 1.54) is 16.5 Å². The molecule has 0 fully saturated rings. The molecule has 10 rings (SSSR count). The number of fused-ring (bicyclic) bond motifs is 10. The van der Waals surface area contributed by atoms with E-state index in [4.69, 9.17) is 19.9 Å². The molecule has 0 amide bonds. The number of hydrogen-bond acceptors (Lipinski definition) is 2. The summed E-state index contributed by atoms with van der Waals surface area (Å²) in [6, 6.07) is 48.7. The van der Waals surface area contributed by atoms with Crippen LogP contribution in [0.25, 0.3) is 89.3 Å². The first-order valence-electron chi connectivity index (χ1n) is 17.0. The van der Waals surface area contributed by atoms with Crippen LogP contribution in [0.5, 0.6) is 0 Å². The predicted octanol–water partition coefficient (Wildman–Crippen LogP) is 10.9. The van der Waals surface area contributed by atoms with Crippen molar-refractivity contribution in [3.05, 3.63) is 168 Å². The quantitative estimate of drug-likeness (QED) is 0.173. The summed E-state index contributed by atoms with van der Waals surface area (Å²) in [5.41, 5.74) is 16.1. The number of aryl methyl sites for hydroxylation is 1. The minimum absolute atomic E-state index is 0. The number of aromatic nitrogens is 4. The van der Waals surface area contributed by atoms with E-state index in [-0.39, 0.29) is 16.5 Å². The van der Waals surface area contributed by atoms with Crippen LogP contribution in [0.15, 0.2) is 140 Å². The van der Waals surface area contributed by atoms with Crippen LogP contribution >= 0.6 is 0 Å². The standard InChI is InChI=1S/C46H30N4.Ni/c1-28-32-19-11-12-20-33(32)45-40-26-25-38(49-40)43(30-15-7-3-8-16-30)36-22-21-35(47-36)42(29-13-5-2-6-14-29)37-23-24-39(48-37)44(31-17-9-4-10-18-31)41-27-34(28)46(45)50-41;/h2-26H,27H2,1H3;/q-2;+2. The monoisotopic (exact) mass is 696 g/mol. The molecule has 0 radical (unpaired) electrons. The fraction of sp³-hybridized carbons (Fsp3) is 0.0435. The summed E-state index contributed by atoms with van der Waals surface area (Å²) in [6.07, 6.45) is 4.95. The molecule has 0 unspecified atom stereocenters. The van der Waals surface area contributed by atoms with E-state index in [1.807, 2.05) is 12.1 Å². The Bertz CT molecular complexity index is 2830. The van der Waals surface area contributed by atoms with Gasteiger partial charge in [-0.1, -0.05) is 140 Å². The van der Waals surface area contributed by atoms with E-state index < -0.39 is 0 Å². The van der Waals surface area contributed by atoms with Crippen LogP contribution in [0.2, 0.25) is 0 Å². The Labute approximate surface area is 305 Å². The maximum Gasteiger partial charge on any atom is 2.00 e. The molecule has 2 aliphatic heterocycles. The van der Waals surface area contributed by atoms with Gasteiger partial charge < -0.3 is 9.97 Å². The van der Waals surface area contributed by atoms with E-state index in [9.17, 15) is 0 Å². The normalized spacial score (nSPS) is 12.1. The molecule has 2 aliphatic rings. The summed E-state index contributed by atoms with van der Waals surface area (Å²) in [5.74, 6) is 0. The molecule has 0 aliphatic carbocycles. The van der Waals surface area contributed by atoms with Gasteiger partial charge >= 0.3 is 16.5 Å². The fourth-order valence-corrected chi connectivity index (χ4v) is 7.78. The molecule has 0 saturated carbocycles. The second-order valence-corrected chi connectivity index (χ2v) is 13.0. The Hall–Kier alpha value is -6.03. The number of nitrogens with zero attached hydrogens (tertiary/aromatic N) is 4. The number of benzene rings is 5. The Morgan fingerprint density at radius 1 is 0.471 bits per heavy atom. The van der Waals surface area contributed by atoms with Gasteiger partial charge in [0.05, 0.1) is 22.6 Å². The molecule has 5 aromatic carbocycles. The van der Waals surface area contributed by atoms with Crippen LogP contribution in [-0.4, -0.2) is 9.97 Å². The summed E-state index contributed by atoms with van der Waals surface area (Å²) >= 11 is 0. The van der Waals surface area contributed by atoms with Gasteiger partial charge in [0.15, 0.2) is 0 Å². The first kappa shape index (κ1) is 31.0. The summed E-state index contributed by atoms with van der Waals surface area (Å²) in [7, 11) is 0. The Kier molecular flexibility index (Phi) is 7.53. The van der Waals surface area contributed by atoms with Gasteiger partial charge in [-0.05, 0) is 79.7 Å². The van der Waals surface area contributed by atoms with Crippen molar-refractivity contribution in [2.24, 2.45) is 0 Å². The third-order valence-electron chi connectivity index (χ3n) is 10.1. The van der Waals surface area contributed by atoms with Crippen LogP contribution < -0.4 is 9.97 Å². The van der Waals surface area contributed by atoms with Crippen LogP contribution in [0, 0.1) is 6.92 Å². The summed E-state index contributed by atoms with van der Waals surface area (Å²) in [5, 5.41) is 3.46. The first-order valence-corrected chi connectivity index (χ1v) is 17.0. The van der Waals surface area contributed by atoms with E-state index in [1.54, 1.807) is 0 Å². The largest absolute Gasteiger partial charge is 2.00 e. The molecule has 4 nitrogen and oxygen atoms in total. The molecular weight excluding hydrogens is 667 g/mol. The number of hydrogen-bond donors (Lipinski definition) is 0. The minimum atomic E-state index is 0. The van der Waals surface area contributed by atoms with E-state index in [0.717, 1.165) is 88.8 Å². The molecule has 5 heterocycles. The number of rotatable bonds is 3. The van der Waals surface area contributed by atoms with Crippen LogP contribution in [0.1, 0.15) is 28.2 Å². The second-order valence-electron chi connectivity index (χ2n) is 13.0. The van der Waals surface area contributed by atoms with Crippen LogP contribution in [0.3, 0.4) is 0 Å². The van der Waals surface area contributed by atoms with Crippen molar-refractivity contribution in [2.45, 2.75) is 13.3 Å². The van der Waals surface area contributed by atoms with Crippen molar-refractivity contribution in [1.82, 2.24) is 19.9 Å². The zero-order valence-electron chi connectivity index (χ0n) is 27.7. The molecule has 0 atom stereocenters. The van der Waals surface area contributed by atoms with E-state index >= 15 is 0 Å². The van der Waals surface area contributed by atoms with Gasteiger partial charge in [-0.15, -0.1) is 22.1 Å². The van der Waals surface area contributed by atoms with Crippen molar-refractivity contribution in [3.8, 4) is 33.4 Å². The van der Waals surface area contributed by atoms with Crippen molar-refractivity contribution < 1.29 is 16.5 Å². The van der Waals surface area contributed by atoms with Gasteiger partial charge in [0.2, 0.25) is 0 Å². The topological polar surface area (TPSA) is 54.0 Å². The Balaban J connectivity index is 0.00000348. The molecule has 0 saturated heterocycles. The van der Waals surface area contributed by atoms with Crippen molar-refractivity contribution >= 4 is 55.9 Å². The zero-order chi connectivity index (χ0) is 33.2. The third-order valence-corrected chi connectivity index (χ3v) is 10.1. The molecule has 8 aromatic rings. The average molecular weight is 697 g/mol. The smallest absolute Gasteiger partial charge is 0.657 e. The molecular formula is C46H30N4Ni. The summed E-state index contributed by atoms with van der Waals surface area (Å²) in [4.78, 5) is 21.7. The SMILES string of the molecule is Cc1c2c3nc(c(-c4ccccc4)c4ccc([n-]4)c(-c4ccccc4)c4nc(c(-c5ccccc5)c5ccc([n-]5)c3c3ccccc13)C=C4)C2.[Ni+2]. The predicted molar refractivity (Wildman–Crippen MR) is 207 cm³/mol. The molecule has 5 heteroatoms. The fourth-order valence-electron chi connectivity index (χ4n) is 7.78. The van der Waals surface area contributed by atoms with Gasteiger partial charge in [-0.2, -0.15) is 0 Å². The van der Waals surface area contributed by atoms with Crippen molar-refractivity contribution in [1.29, 1.82) is 0 Å². The minimum Gasteiger partial charge on any atom is -0.657 e. The van der Waals surface area contributed by atoms with Crippen molar-refractivity contribution in [2.75, 3.05) is 0 Å². The van der Waals surface area contributed by atoms with Gasteiger partial charge in [-0.25, -0.2) is 4.98 Å². The average Bonchev–Trinajstić information content (AvgIpc) is 4.00. The van der Waals surface area contributed by atoms with Crippen molar-refractivity contribution in [3.63, 3.8) is 0 Å². The molecule has 0 N–H and O–H groups in total. The molecule has 244 valence electrons. The van der Waals surface area contributed by atoms with Crippen LogP contribution in [-0.2, 0) is 22.9 Å². The molecule has 8 bridgehead atoms. The van der Waals surface area contributed by atoms with Gasteiger partial charge in [0.25, 0.3) is 0 Å². The molecule has 3 aromatic heterocycles. The summed E-state index contributed by atoms with van der Waals surface area (Å²) in [6.45, 7) is 2.23. The maximum atomic E-state index is 5.54.